The van der Waals surface area contributed by atoms with Crippen molar-refractivity contribution in [2.45, 2.75) is 12.4 Å². The lowest BCUT2D eigenvalue weighted by Crippen LogP contribution is -2.25. The number of hydrogen-bond donors (Lipinski definition) is 0. The Morgan fingerprint density at radius 3 is 1.26 bits per heavy atom. The number of rotatable bonds is 6. The summed E-state index contributed by atoms with van der Waals surface area (Å²) in [4.78, 5) is 8.69. The Kier molecular flexibility index (Phi) is 6.43. The Balaban J connectivity index is 2.09. The van der Waals surface area contributed by atoms with Crippen LogP contribution in [0.3, 0.4) is 0 Å². The van der Waals surface area contributed by atoms with Crippen molar-refractivity contribution in [3.8, 4) is 0 Å². The third-order valence-corrected chi connectivity index (χ3v) is 3.05. The summed E-state index contributed by atoms with van der Waals surface area (Å²) in [7, 11) is 0. The molecule has 0 saturated heterocycles. The molecule has 2 aromatic carbocycles. The van der Waals surface area contributed by atoms with Crippen LogP contribution < -0.4 is 0 Å². The molecule has 10 heteroatoms. The van der Waals surface area contributed by atoms with E-state index >= 15 is 0 Å². The molecule has 0 bridgehead atoms. The Bertz CT molecular complexity index is 719. The molecule has 144 valence electrons. The maximum absolute atomic E-state index is 13.0. The molecular formula is C17H12F6N2O2. The maximum Gasteiger partial charge on any atom is 0.437 e. The maximum atomic E-state index is 13.0. The molecule has 0 heterocycles. The first-order chi connectivity index (χ1) is 12.7. The van der Waals surface area contributed by atoms with Gasteiger partial charge in [0, 0.05) is 11.1 Å². The molecule has 0 spiro atoms. The fourth-order valence-corrected chi connectivity index (χ4v) is 1.93. The molecule has 0 unspecified atom stereocenters. The molecule has 0 aliphatic rings. The van der Waals surface area contributed by atoms with Crippen LogP contribution in [0.2, 0.25) is 0 Å². The molecule has 2 aromatic rings. The van der Waals surface area contributed by atoms with Gasteiger partial charge >= 0.3 is 12.4 Å². The molecule has 27 heavy (non-hydrogen) atoms. The summed E-state index contributed by atoms with van der Waals surface area (Å²) in [6.45, 7) is -1.04. The van der Waals surface area contributed by atoms with E-state index in [1.54, 1.807) is 0 Å². The average molecular weight is 390 g/mol. The molecule has 0 aliphatic heterocycles. The SMILES string of the molecule is FC(F)(F)/C(=N/OCO/N=C(\c1ccccc1)C(F)(F)F)c1ccccc1. The molecule has 0 radical (unpaired) electrons. The highest BCUT2D eigenvalue weighted by atomic mass is 19.4. The average Bonchev–Trinajstić information content (AvgIpc) is 2.60. The van der Waals surface area contributed by atoms with Crippen LogP contribution in [0.5, 0.6) is 0 Å². The van der Waals surface area contributed by atoms with Crippen molar-refractivity contribution in [1.82, 2.24) is 0 Å². The van der Waals surface area contributed by atoms with E-state index in [0.29, 0.717) is 0 Å². The zero-order valence-corrected chi connectivity index (χ0v) is 13.5. The van der Waals surface area contributed by atoms with Crippen LogP contribution in [0.4, 0.5) is 26.3 Å². The third kappa shape index (κ3) is 6.01. The predicted molar refractivity (Wildman–Crippen MR) is 85.1 cm³/mol. The molecular weight excluding hydrogens is 378 g/mol. The van der Waals surface area contributed by atoms with Crippen molar-refractivity contribution in [1.29, 1.82) is 0 Å². The predicted octanol–water partition coefficient (Wildman–Crippen LogP) is 4.91. The lowest BCUT2D eigenvalue weighted by molar-refractivity contribution is -0.0815. The second-order valence-corrected chi connectivity index (χ2v) is 4.98. The summed E-state index contributed by atoms with van der Waals surface area (Å²) in [5, 5.41) is 5.83. The lowest BCUT2D eigenvalue weighted by atomic mass is 10.1. The Morgan fingerprint density at radius 1 is 0.630 bits per heavy atom. The molecule has 0 N–H and O–H groups in total. The summed E-state index contributed by atoms with van der Waals surface area (Å²) in [6, 6.07) is 13.1. The molecule has 0 saturated carbocycles. The van der Waals surface area contributed by atoms with Crippen molar-refractivity contribution in [2.75, 3.05) is 6.79 Å². The van der Waals surface area contributed by atoms with Crippen molar-refractivity contribution in [2.24, 2.45) is 10.3 Å². The van der Waals surface area contributed by atoms with Crippen LogP contribution in [0.25, 0.3) is 0 Å². The van der Waals surface area contributed by atoms with E-state index in [4.69, 9.17) is 0 Å². The van der Waals surface area contributed by atoms with E-state index in [0.717, 1.165) is 24.3 Å². The van der Waals surface area contributed by atoms with Gasteiger partial charge in [0.05, 0.1) is 0 Å². The highest BCUT2D eigenvalue weighted by Crippen LogP contribution is 2.24. The monoisotopic (exact) mass is 390 g/mol. The van der Waals surface area contributed by atoms with E-state index in [9.17, 15) is 26.3 Å². The molecule has 0 amide bonds. The van der Waals surface area contributed by atoms with Crippen LogP contribution >= 0.6 is 0 Å². The van der Waals surface area contributed by atoms with Gasteiger partial charge in [-0.05, 0) is 0 Å². The van der Waals surface area contributed by atoms with E-state index in [1.807, 2.05) is 0 Å². The van der Waals surface area contributed by atoms with Gasteiger partial charge in [-0.1, -0.05) is 71.0 Å². The van der Waals surface area contributed by atoms with E-state index in [-0.39, 0.29) is 11.1 Å². The van der Waals surface area contributed by atoms with Gasteiger partial charge in [-0.25, -0.2) is 0 Å². The van der Waals surface area contributed by atoms with E-state index in [2.05, 4.69) is 20.0 Å². The van der Waals surface area contributed by atoms with Crippen molar-refractivity contribution in [3.63, 3.8) is 0 Å². The lowest BCUT2D eigenvalue weighted by Gasteiger charge is -2.11. The van der Waals surface area contributed by atoms with Gasteiger partial charge in [-0.3, -0.25) is 0 Å². The summed E-state index contributed by atoms with van der Waals surface area (Å²) in [6.07, 6.45) is -9.66. The third-order valence-electron chi connectivity index (χ3n) is 3.05. The fourth-order valence-electron chi connectivity index (χ4n) is 1.93. The van der Waals surface area contributed by atoms with Crippen LogP contribution in [0.15, 0.2) is 71.0 Å². The second-order valence-electron chi connectivity index (χ2n) is 4.98. The van der Waals surface area contributed by atoms with Gasteiger partial charge in [0.2, 0.25) is 0 Å². The molecule has 0 aromatic heterocycles. The first-order valence-corrected chi connectivity index (χ1v) is 7.34. The standard InChI is InChI=1S/C17H12F6N2O2/c18-16(19,20)14(12-7-3-1-4-8-12)24-26-11-27-25-15(17(21,22)23)13-9-5-2-6-10-13/h1-10H,11H2/b24-14+,25-15+. The molecule has 0 fully saturated rings. The van der Waals surface area contributed by atoms with Gasteiger partial charge in [0.15, 0.2) is 11.4 Å². The van der Waals surface area contributed by atoms with Crippen LogP contribution in [-0.2, 0) is 9.68 Å². The summed E-state index contributed by atoms with van der Waals surface area (Å²) in [5.41, 5.74) is -3.24. The molecule has 0 atom stereocenters. The van der Waals surface area contributed by atoms with E-state index < -0.39 is 30.6 Å². The van der Waals surface area contributed by atoms with Gasteiger partial charge < -0.3 is 9.68 Å². The summed E-state index contributed by atoms with van der Waals surface area (Å²) < 4.78 is 78.0. The number of alkyl halides is 6. The normalized spacial score (nSPS) is 13.4. The minimum Gasteiger partial charge on any atom is -0.351 e. The molecule has 2 rings (SSSR count). The highest BCUT2D eigenvalue weighted by molar-refractivity contribution is 6.04. The topological polar surface area (TPSA) is 43.2 Å². The fraction of sp³-hybridized carbons (Fsp3) is 0.176. The first-order valence-electron chi connectivity index (χ1n) is 7.34. The number of benzene rings is 2. The van der Waals surface area contributed by atoms with Gasteiger partial charge in [0.25, 0.3) is 6.79 Å². The zero-order valence-electron chi connectivity index (χ0n) is 13.5. The van der Waals surface area contributed by atoms with Gasteiger partial charge in [0.1, 0.15) is 0 Å². The zero-order chi connectivity index (χ0) is 19.9. The second kappa shape index (κ2) is 8.56. The van der Waals surface area contributed by atoms with Crippen LogP contribution in [0, 0.1) is 0 Å². The first kappa shape index (κ1) is 20.3. The summed E-state index contributed by atoms with van der Waals surface area (Å²) in [5.74, 6) is 0. The van der Waals surface area contributed by atoms with Crippen LogP contribution in [-0.4, -0.2) is 30.6 Å². The number of halogens is 6. The number of oxime groups is 2. The summed E-state index contributed by atoms with van der Waals surface area (Å²) >= 11 is 0. The molecule has 4 nitrogen and oxygen atoms in total. The highest BCUT2D eigenvalue weighted by Gasteiger charge is 2.38. The van der Waals surface area contributed by atoms with Crippen molar-refractivity contribution in [3.05, 3.63) is 71.8 Å². The molecule has 0 aliphatic carbocycles. The van der Waals surface area contributed by atoms with Gasteiger partial charge in [-0.15, -0.1) is 0 Å². The minimum absolute atomic E-state index is 0.270. The number of nitrogens with zero attached hydrogens (tertiary/aromatic N) is 2. The quantitative estimate of drug-likeness (QED) is 0.231. The Hall–Kier alpha value is -3.04. The number of hydrogen-bond acceptors (Lipinski definition) is 4. The van der Waals surface area contributed by atoms with Crippen molar-refractivity contribution < 1.29 is 36.0 Å². The Morgan fingerprint density at radius 2 is 0.963 bits per heavy atom. The minimum atomic E-state index is -4.83. The van der Waals surface area contributed by atoms with Gasteiger partial charge in [-0.2, -0.15) is 26.3 Å². The van der Waals surface area contributed by atoms with Crippen molar-refractivity contribution >= 4 is 11.4 Å². The smallest absolute Gasteiger partial charge is 0.351 e. The Labute approximate surface area is 149 Å². The largest absolute Gasteiger partial charge is 0.437 e. The van der Waals surface area contributed by atoms with Crippen LogP contribution in [0.1, 0.15) is 11.1 Å². The van der Waals surface area contributed by atoms with E-state index in [1.165, 1.54) is 36.4 Å².